The zero-order chi connectivity index (χ0) is 25.3. The number of rotatable bonds is 6. The van der Waals surface area contributed by atoms with Crippen molar-refractivity contribution in [3.63, 3.8) is 0 Å². The van der Waals surface area contributed by atoms with Gasteiger partial charge in [0.25, 0.3) is 5.91 Å². The molecule has 34 heavy (non-hydrogen) atoms. The van der Waals surface area contributed by atoms with Crippen LogP contribution in [0.25, 0.3) is 0 Å². The highest BCUT2D eigenvalue weighted by Gasteiger charge is 2.49. The van der Waals surface area contributed by atoms with Crippen molar-refractivity contribution in [3.8, 4) is 5.75 Å². The van der Waals surface area contributed by atoms with Crippen LogP contribution in [-0.4, -0.2) is 65.4 Å². The van der Waals surface area contributed by atoms with E-state index in [9.17, 15) is 27.6 Å². The smallest absolute Gasteiger partial charge is 0.418 e. The van der Waals surface area contributed by atoms with Gasteiger partial charge in [0, 0.05) is 6.54 Å². The molecule has 2 bridgehead atoms. The molecule has 0 saturated carbocycles. The van der Waals surface area contributed by atoms with Gasteiger partial charge in [0.2, 0.25) is 5.91 Å². The summed E-state index contributed by atoms with van der Waals surface area (Å²) in [7, 11) is -4.89. The molecule has 3 rings (SSSR count). The lowest BCUT2D eigenvalue weighted by Crippen LogP contribution is -2.54. The first-order valence-corrected chi connectivity index (χ1v) is 11.8. The van der Waals surface area contributed by atoms with Gasteiger partial charge in [-0.2, -0.15) is 13.5 Å². The Labute approximate surface area is 196 Å². The van der Waals surface area contributed by atoms with Crippen LogP contribution < -0.4 is 15.6 Å². The van der Waals surface area contributed by atoms with E-state index in [1.807, 2.05) is 0 Å². The zero-order valence-corrected chi connectivity index (χ0v) is 19.6. The number of hydrazine groups is 1. The summed E-state index contributed by atoms with van der Waals surface area (Å²) in [6.07, 6.45) is 0.396. The number of hydrogen-bond acceptors (Lipinski definition) is 8. The Morgan fingerprint density at radius 2 is 1.76 bits per heavy atom. The third-order valence-electron chi connectivity index (χ3n) is 5.24. The van der Waals surface area contributed by atoms with Gasteiger partial charge in [-0.05, 0) is 51.3 Å². The lowest BCUT2D eigenvalue weighted by Gasteiger charge is -2.29. The molecule has 0 radical (unpaired) electrons. The monoisotopic (exact) mass is 498 g/mol. The number of piperidine rings is 1. The molecule has 2 heterocycles. The molecule has 2 aliphatic heterocycles. The maximum Gasteiger partial charge on any atom is 0.418 e. The van der Waals surface area contributed by atoms with Crippen molar-refractivity contribution < 1.29 is 41.2 Å². The van der Waals surface area contributed by atoms with E-state index in [-0.39, 0.29) is 31.8 Å². The van der Waals surface area contributed by atoms with Crippen LogP contribution in [0, 0.1) is 5.41 Å². The molecule has 13 nitrogen and oxygen atoms in total. The van der Waals surface area contributed by atoms with Crippen LogP contribution in [0.15, 0.2) is 24.3 Å². The number of urea groups is 1. The van der Waals surface area contributed by atoms with Crippen LogP contribution in [0.4, 0.5) is 4.79 Å². The molecule has 186 valence electrons. The van der Waals surface area contributed by atoms with E-state index in [0.29, 0.717) is 16.4 Å². The van der Waals surface area contributed by atoms with E-state index in [0.717, 1.165) is 4.90 Å². The largest absolute Gasteiger partial charge is 0.426 e. The highest BCUT2D eigenvalue weighted by Crippen LogP contribution is 2.30. The van der Waals surface area contributed by atoms with Crippen molar-refractivity contribution >= 4 is 34.2 Å². The SMILES string of the molecule is CC(C)(C)C(=O)Oc1ccc(CC(=O)NNC(=O)[C@@H]2CC[C@@H]3CN2C(=O)N3OS(=O)(=O)O)cc1. The van der Waals surface area contributed by atoms with Gasteiger partial charge in [0.15, 0.2) is 0 Å². The number of benzene rings is 1. The maximum absolute atomic E-state index is 12.5. The number of ether oxygens (including phenoxy) is 1. The lowest BCUT2D eigenvalue weighted by molar-refractivity contribution is -0.143. The molecular formula is C20H26N4O9S. The number of fused-ring (bicyclic) bond motifs is 2. The van der Waals surface area contributed by atoms with Gasteiger partial charge in [-0.25, -0.2) is 4.79 Å². The molecule has 0 aliphatic carbocycles. The van der Waals surface area contributed by atoms with Gasteiger partial charge in [0.05, 0.1) is 17.9 Å². The summed E-state index contributed by atoms with van der Waals surface area (Å²) in [5, 5.41) is 0.531. The first kappa shape index (κ1) is 25.4. The van der Waals surface area contributed by atoms with Gasteiger partial charge < -0.3 is 9.64 Å². The van der Waals surface area contributed by atoms with Crippen LogP contribution in [0.5, 0.6) is 5.75 Å². The summed E-state index contributed by atoms with van der Waals surface area (Å²) in [5.41, 5.74) is 4.49. The highest BCUT2D eigenvalue weighted by atomic mass is 32.3. The molecule has 0 unspecified atom stereocenters. The summed E-state index contributed by atoms with van der Waals surface area (Å²) in [6, 6.07) is 3.89. The van der Waals surface area contributed by atoms with Crippen LogP contribution in [0.2, 0.25) is 0 Å². The molecule has 1 aromatic rings. The predicted octanol–water partition coefficient (Wildman–Crippen LogP) is 0.331. The molecule has 0 spiro atoms. The minimum atomic E-state index is -4.89. The van der Waals surface area contributed by atoms with E-state index < -0.39 is 45.7 Å². The number of esters is 1. The van der Waals surface area contributed by atoms with Crippen molar-refractivity contribution in [2.24, 2.45) is 5.41 Å². The molecule has 2 atom stereocenters. The average molecular weight is 499 g/mol. The number of hydrogen-bond donors (Lipinski definition) is 3. The first-order valence-electron chi connectivity index (χ1n) is 10.4. The van der Waals surface area contributed by atoms with Crippen LogP contribution >= 0.6 is 0 Å². The van der Waals surface area contributed by atoms with Crippen LogP contribution in [-0.2, 0) is 35.5 Å². The first-order chi connectivity index (χ1) is 15.7. The standard InChI is InChI=1S/C20H26N4O9S/c1-20(2,3)18(27)32-14-7-4-12(5-8-14)10-16(25)21-22-17(26)15-9-6-13-11-23(15)19(28)24(13)33-34(29,30)31/h4-5,7-8,13,15H,6,9-11H2,1-3H3,(H,21,25)(H,22,26)(H,29,30,31)/t13-,15+/m1/s1. The quantitative estimate of drug-likeness (QED) is 0.216. The molecule has 2 fully saturated rings. The second-order valence-corrected chi connectivity index (χ2v) is 10.0. The Morgan fingerprint density at radius 3 is 2.35 bits per heavy atom. The number of carbonyl (C=O) groups excluding carboxylic acids is 4. The van der Waals surface area contributed by atoms with Crippen molar-refractivity contribution in [1.82, 2.24) is 20.8 Å². The van der Waals surface area contributed by atoms with E-state index in [4.69, 9.17) is 9.29 Å². The fourth-order valence-electron chi connectivity index (χ4n) is 3.48. The molecule has 2 aliphatic rings. The minimum Gasteiger partial charge on any atom is -0.426 e. The minimum absolute atomic E-state index is 0.0342. The Balaban J connectivity index is 1.49. The van der Waals surface area contributed by atoms with Crippen molar-refractivity contribution in [1.29, 1.82) is 0 Å². The van der Waals surface area contributed by atoms with Crippen LogP contribution in [0.1, 0.15) is 39.2 Å². The Hall–Kier alpha value is -3.23. The lowest BCUT2D eigenvalue weighted by atomic mass is 9.97. The Kier molecular flexibility index (Phi) is 7.14. The summed E-state index contributed by atoms with van der Waals surface area (Å²) in [5.74, 6) is -1.22. The van der Waals surface area contributed by atoms with Gasteiger partial charge >= 0.3 is 22.4 Å². The second kappa shape index (κ2) is 9.56. The number of carbonyl (C=O) groups is 4. The van der Waals surface area contributed by atoms with Gasteiger partial charge in [-0.1, -0.05) is 12.1 Å². The Morgan fingerprint density at radius 1 is 1.12 bits per heavy atom. The summed E-state index contributed by atoms with van der Waals surface area (Å²) >= 11 is 0. The predicted molar refractivity (Wildman–Crippen MR) is 115 cm³/mol. The van der Waals surface area contributed by atoms with E-state index in [1.54, 1.807) is 45.0 Å². The summed E-state index contributed by atoms with van der Waals surface area (Å²) in [4.78, 5) is 50.1. The normalized spacial score (nSPS) is 20.2. The summed E-state index contributed by atoms with van der Waals surface area (Å²) < 4.78 is 40.3. The van der Waals surface area contributed by atoms with Gasteiger partial charge in [-0.15, -0.1) is 4.28 Å². The maximum atomic E-state index is 12.5. The molecule has 3 N–H and O–H groups in total. The number of hydroxylamine groups is 2. The molecule has 1 aromatic carbocycles. The van der Waals surface area contributed by atoms with Crippen molar-refractivity contribution in [2.75, 3.05) is 6.54 Å². The van der Waals surface area contributed by atoms with E-state index in [2.05, 4.69) is 15.1 Å². The van der Waals surface area contributed by atoms with Crippen molar-refractivity contribution in [2.45, 2.75) is 52.1 Å². The fourth-order valence-corrected chi connectivity index (χ4v) is 3.87. The van der Waals surface area contributed by atoms with Gasteiger partial charge in [-0.3, -0.25) is 29.8 Å². The highest BCUT2D eigenvalue weighted by molar-refractivity contribution is 7.80. The third-order valence-corrected chi connectivity index (χ3v) is 5.59. The fraction of sp³-hybridized carbons (Fsp3) is 0.500. The molecule has 14 heteroatoms. The van der Waals surface area contributed by atoms with Gasteiger partial charge in [0.1, 0.15) is 11.8 Å². The average Bonchev–Trinajstić information content (AvgIpc) is 2.96. The zero-order valence-electron chi connectivity index (χ0n) is 18.8. The second-order valence-electron chi connectivity index (χ2n) is 9.01. The topological polar surface area (TPSA) is 172 Å². The van der Waals surface area contributed by atoms with Crippen molar-refractivity contribution in [3.05, 3.63) is 29.8 Å². The molecular weight excluding hydrogens is 472 g/mol. The van der Waals surface area contributed by atoms with Crippen LogP contribution in [0.3, 0.4) is 0 Å². The molecule has 0 aromatic heterocycles. The summed E-state index contributed by atoms with van der Waals surface area (Å²) in [6.45, 7) is 5.23. The molecule has 2 saturated heterocycles. The Bertz CT molecular complexity index is 1080. The van der Waals surface area contributed by atoms with E-state index >= 15 is 0 Å². The number of amides is 4. The number of nitrogens with zero attached hydrogens (tertiary/aromatic N) is 2. The third kappa shape index (κ3) is 6.21. The molecule has 4 amide bonds. The number of nitrogens with one attached hydrogen (secondary N) is 2. The van der Waals surface area contributed by atoms with E-state index in [1.165, 1.54) is 0 Å².